The van der Waals surface area contributed by atoms with Crippen LogP contribution in [0.25, 0.3) is 0 Å². The fraction of sp³-hybridized carbons (Fsp3) is 0.136. The third kappa shape index (κ3) is 3.29. The molecule has 0 aromatic heterocycles. The lowest BCUT2D eigenvalue weighted by atomic mass is 10.0. The number of nitrogens with one attached hydrogen (secondary N) is 1. The minimum atomic E-state index is -0.337. The van der Waals surface area contributed by atoms with Crippen molar-refractivity contribution in [2.75, 3.05) is 10.2 Å². The molecule has 136 valence electrons. The lowest BCUT2D eigenvalue weighted by molar-refractivity contribution is 0.0975. The zero-order valence-corrected chi connectivity index (χ0v) is 16.3. The van der Waals surface area contributed by atoms with Gasteiger partial charge in [0.05, 0.1) is 15.6 Å². The average Bonchev–Trinajstić information content (AvgIpc) is 2.70. The van der Waals surface area contributed by atoms with Gasteiger partial charge in [-0.25, -0.2) is 0 Å². The molecule has 1 aliphatic heterocycles. The molecule has 1 aliphatic rings. The highest BCUT2D eigenvalue weighted by Gasteiger charge is 2.34. The molecular formula is C22H18Cl2N2O. The molecule has 0 radical (unpaired) electrons. The average molecular weight is 397 g/mol. The molecule has 0 saturated carbocycles. The van der Waals surface area contributed by atoms with Crippen molar-refractivity contribution in [1.29, 1.82) is 0 Å². The van der Waals surface area contributed by atoms with E-state index in [2.05, 4.69) is 36.5 Å². The molecule has 0 aliphatic carbocycles. The summed E-state index contributed by atoms with van der Waals surface area (Å²) in [6.07, 6.45) is 0.631. The Balaban J connectivity index is 1.84. The van der Waals surface area contributed by atoms with Crippen LogP contribution in [0, 0.1) is 0 Å². The zero-order chi connectivity index (χ0) is 19.0. The largest absolute Gasteiger partial charge is 0.360 e. The molecule has 3 aromatic carbocycles. The van der Waals surface area contributed by atoms with Gasteiger partial charge in [0, 0.05) is 11.4 Å². The normalized spacial score (nSPS) is 16.0. The fourth-order valence-corrected chi connectivity index (χ4v) is 3.62. The number of carbonyl (C=O) groups excluding carboxylic acids is 1. The number of fused-ring (bicyclic) bond motifs is 1. The number of para-hydroxylation sites is 1. The van der Waals surface area contributed by atoms with Crippen molar-refractivity contribution in [2.24, 2.45) is 0 Å². The smallest absolute Gasteiger partial charge is 0.262 e. The molecule has 0 bridgehead atoms. The summed E-state index contributed by atoms with van der Waals surface area (Å²) >= 11 is 12.3. The maximum Gasteiger partial charge on any atom is 0.262 e. The van der Waals surface area contributed by atoms with Crippen LogP contribution in [0.15, 0.2) is 66.7 Å². The summed E-state index contributed by atoms with van der Waals surface area (Å²) in [6.45, 7) is 2.12. The van der Waals surface area contributed by atoms with Crippen LogP contribution < -0.4 is 10.2 Å². The third-order valence-corrected chi connectivity index (χ3v) is 5.55. The van der Waals surface area contributed by atoms with Gasteiger partial charge in [-0.2, -0.15) is 0 Å². The minimum absolute atomic E-state index is 0.0766. The molecular weight excluding hydrogens is 379 g/mol. The first kappa shape index (κ1) is 17.9. The molecule has 0 fully saturated rings. The Hall–Kier alpha value is -2.49. The maximum atomic E-state index is 13.3. The van der Waals surface area contributed by atoms with Crippen LogP contribution in [0.2, 0.25) is 10.0 Å². The second kappa shape index (κ2) is 7.26. The second-order valence-electron chi connectivity index (χ2n) is 6.46. The monoisotopic (exact) mass is 396 g/mol. The van der Waals surface area contributed by atoms with E-state index in [4.69, 9.17) is 23.2 Å². The Bertz CT molecular complexity index is 1000. The molecule has 0 saturated heterocycles. The number of nitrogens with zero attached hydrogens (tertiary/aromatic N) is 1. The Morgan fingerprint density at radius 2 is 1.70 bits per heavy atom. The van der Waals surface area contributed by atoms with Crippen LogP contribution in [-0.4, -0.2) is 5.91 Å². The van der Waals surface area contributed by atoms with Crippen LogP contribution >= 0.6 is 23.2 Å². The van der Waals surface area contributed by atoms with Crippen LogP contribution in [0.4, 0.5) is 11.4 Å². The predicted molar refractivity (Wildman–Crippen MR) is 112 cm³/mol. The predicted octanol–water partition coefficient (Wildman–Crippen LogP) is 6.33. The van der Waals surface area contributed by atoms with E-state index < -0.39 is 0 Å². The molecule has 1 heterocycles. The van der Waals surface area contributed by atoms with Gasteiger partial charge in [0.2, 0.25) is 0 Å². The lowest BCUT2D eigenvalue weighted by Crippen LogP contribution is -2.43. The minimum Gasteiger partial charge on any atom is -0.360 e. The summed E-state index contributed by atoms with van der Waals surface area (Å²) in [4.78, 5) is 15.1. The third-order valence-electron chi connectivity index (χ3n) is 4.81. The number of amides is 1. The molecule has 4 rings (SSSR count). The van der Waals surface area contributed by atoms with Crippen molar-refractivity contribution in [3.05, 3.63) is 93.5 Å². The number of aryl methyl sites for hydroxylation is 1. The van der Waals surface area contributed by atoms with Gasteiger partial charge in [-0.3, -0.25) is 9.69 Å². The van der Waals surface area contributed by atoms with Crippen molar-refractivity contribution < 1.29 is 4.79 Å². The highest BCUT2D eigenvalue weighted by molar-refractivity contribution is 6.42. The van der Waals surface area contributed by atoms with E-state index in [9.17, 15) is 4.79 Å². The van der Waals surface area contributed by atoms with Gasteiger partial charge in [0.15, 0.2) is 0 Å². The highest BCUT2D eigenvalue weighted by atomic mass is 35.5. The first-order valence-corrected chi connectivity index (χ1v) is 9.57. The second-order valence-corrected chi connectivity index (χ2v) is 7.28. The molecule has 0 spiro atoms. The Kier molecular flexibility index (Phi) is 4.81. The van der Waals surface area contributed by atoms with E-state index in [1.165, 1.54) is 5.56 Å². The van der Waals surface area contributed by atoms with E-state index in [1.54, 1.807) is 17.0 Å². The van der Waals surface area contributed by atoms with Gasteiger partial charge in [0.1, 0.15) is 6.17 Å². The number of rotatable bonds is 3. The van der Waals surface area contributed by atoms with Crippen molar-refractivity contribution in [3.63, 3.8) is 0 Å². The molecule has 3 nitrogen and oxygen atoms in total. The number of anilines is 2. The molecule has 1 amide bonds. The summed E-state index contributed by atoms with van der Waals surface area (Å²) < 4.78 is 0. The van der Waals surface area contributed by atoms with E-state index in [1.807, 2.05) is 30.3 Å². The summed E-state index contributed by atoms with van der Waals surface area (Å²) in [5.41, 5.74) is 4.40. The van der Waals surface area contributed by atoms with Gasteiger partial charge in [-0.15, -0.1) is 0 Å². The quantitative estimate of drug-likeness (QED) is 0.560. The Morgan fingerprint density at radius 1 is 0.963 bits per heavy atom. The number of halogens is 2. The summed E-state index contributed by atoms with van der Waals surface area (Å²) in [7, 11) is 0. The topological polar surface area (TPSA) is 32.3 Å². The van der Waals surface area contributed by atoms with Crippen molar-refractivity contribution >= 4 is 40.5 Å². The van der Waals surface area contributed by atoms with Gasteiger partial charge >= 0.3 is 0 Å². The Labute approximate surface area is 168 Å². The number of benzene rings is 3. The van der Waals surface area contributed by atoms with Gasteiger partial charge < -0.3 is 5.32 Å². The first-order chi connectivity index (χ1) is 13.1. The van der Waals surface area contributed by atoms with Crippen LogP contribution in [0.5, 0.6) is 0 Å². The van der Waals surface area contributed by atoms with Gasteiger partial charge in [0.25, 0.3) is 5.91 Å². The molecule has 1 atom stereocenters. The van der Waals surface area contributed by atoms with Crippen molar-refractivity contribution in [3.8, 4) is 0 Å². The van der Waals surface area contributed by atoms with E-state index in [0.29, 0.717) is 21.3 Å². The standard InChI is InChI=1S/C22H18Cl2N2O/c1-2-14-7-9-15(10-8-14)21-25-20-6-4-3-5-17(20)22(27)26(21)16-11-12-18(23)19(24)13-16/h3-13,21,25H,2H2,1H3/t21-/m1/s1. The number of carbonyl (C=O) groups is 1. The summed E-state index contributed by atoms with van der Waals surface area (Å²) in [6, 6.07) is 21.1. The van der Waals surface area contributed by atoms with Crippen LogP contribution in [-0.2, 0) is 6.42 Å². The van der Waals surface area contributed by atoms with Crippen molar-refractivity contribution in [2.45, 2.75) is 19.5 Å². The lowest BCUT2D eigenvalue weighted by Gasteiger charge is -2.38. The summed E-state index contributed by atoms with van der Waals surface area (Å²) in [5.74, 6) is -0.0766. The van der Waals surface area contributed by atoms with E-state index in [0.717, 1.165) is 17.7 Å². The number of hydrogen-bond donors (Lipinski definition) is 1. The molecule has 5 heteroatoms. The van der Waals surface area contributed by atoms with Gasteiger partial charge in [-0.1, -0.05) is 66.5 Å². The molecule has 27 heavy (non-hydrogen) atoms. The summed E-state index contributed by atoms with van der Waals surface area (Å²) in [5, 5.41) is 4.37. The van der Waals surface area contributed by atoms with Crippen LogP contribution in [0.3, 0.4) is 0 Å². The fourth-order valence-electron chi connectivity index (χ4n) is 3.32. The zero-order valence-electron chi connectivity index (χ0n) is 14.7. The SMILES string of the molecule is CCc1ccc([C@@H]2Nc3ccccc3C(=O)N2c2ccc(Cl)c(Cl)c2)cc1. The maximum absolute atomic E-state index is 13.3. The van der Waals surface area contributed by atoms with E-state index in [-0.39, 0.29) is 12.1 Å². The number of hydrogen-bond acceptors (Lipinski definition) is 2. The van der Waals surface area contributed by atoms with Gasteiger partial charge in [-0.05, 0) is 47.9 Å². The highest BCUT2D eigenvalue weighted by Crippen LogP contribution is 2.38. The first-order valence-electron chi connectivity index (χ1n) is 8.81. The Morgan fingerprint density at radius 3 is 2.41 bits per heavy atom. The molecule has 1 N–H and O–H groups in total. The molecule has 0 unspecified atom stereocenters. The van der Waals surface area contributed by atoms with Crippen LogP contribution in [0.1, 0.15) is 34.6 Å². The molecule has 3 aromatic rings. The van der Waals surface area contributed by atoms with Crippen molar-refractivity contribution in [1.82, 2.24) is 0 Å². The van der Waals surface area contributed by atoms with E-state index >= 15 is 0 Å².